The molecule has 0 atom stereocenters. The first-order chi connectivity index (χ1) is 6.00. The van der Waals surface area contributed by atoms with Crippen LogP contribution in [0, 0.1) is 6.92 Å². The molecule has 7 heteroatoms. The molecule has 0 aliphatic carbocycles. The smallest absolute Gasteiger partial charge is 0.429 e. The summed E-state index contributed by atoms with van der Waals surface area (Å²) in [5.41, 5.74) is 0.548. The van der Waals surface area contributed by atoms with Crippen molar-refractivity contribution >= 4 is 23.6 Å². The van der Waals surface area contributed by atoms with Crippen LogP contribution in [0.4, 0.5) is 10.7 Å². The summed E-state index contributed by atoms with van der Waals surface area (Å²) in [6.07, 6.45) is -1.35. The lowest BCUT2D eigenvalue weighted by atomic mass is 10.5. The number of halogens is 1. The highest BCUT2D eigenvalue weighted by molar-refractivity contribution is 6.29. The summed E-state index contributed by atoms with van der Waals surface area (Å²) >= 11 is 5.57. The van der Waals surface area contributed by atoms with E-state index in [4.69, 9.17) is 22.6 Å². The third kappa shape index (κ3) is 2.27. The summed E-state index contributed by atoms with van der Waals surface area (Å²) in [7, 11) is 0. The average Bonchev–Trinajstić information content (AvgIpc) is 2.01. The monoisotopic (exact) mass is 202 g/mol. The van der Waals surface area contributed by atoms with Gasteiger partial charge in [-0.15, -0.1) is 0 Å². The molecule has 0 saturated heterocycles. The summed E-state index contributed by atoms with van der Waals surface area (Å²) in [5.74, 6) is 4.98. The lowest BCUT2D eigenvalue weighted by Gasteiger charge is -2.10. The number of hydrazine groups is 1. The predicted octanol–water partition coefficient (Wildman–Crippen LogP) is 0.797. The Hall–Kier alpha value is -1.40. The molecular weight excluding hydrogens is 196 g/mol. The number of nitrogens with two attached hydrogens (primary N) is 1. The molecule has 1 amide bonds. The van der Waals surface area contributed by atoms with Gasteiger partial charge in [-0.05, 0) is 13.0 Å². The van der Waals surface area contributed by atoms with E-state index in [0.29, 0.717) is 10.7 Å². The second kappa shape index (κ2) is 3.55. The van der Waals surface area contributed by atoms with Crippen LogP contribution in [0.2, 0.25) is 5.15 Å². The summed E-state index contributed by atoms with van der Waals surface area (Å²) in [6.45, 7) is 1.66. The van der Waals surface area contributed by atoms with Gasteiger partial charge in [0.2, 0.25) is 0 Å². The fourth-order valence-corrected chi connectivity index (χ4v) is 0.942. The van der Waals surface area contributed by atoms with Crippen molar-refractivity contribution in [2.45, 2.75) is 6.92 Å². The summed E-state index contributed by atoms with van der Waals surface area (Å²) < 4.78 is 0. The van der Waals surface area contributed by atoms with Crippen molar-refractivity contribution in [3.8, 4) is 0 Å². The number of aryl methyl sites for hydroxylation is 1. The first-order valence-corrected chi connectivity index (χ1v) is 3.67. The maximum atomic E-state index is 10.4. The maximum Gasteiger partial charge on any atom is 0.429 e. The molecule has 0 aliphatic heterocycles. The Bertz CT molecular complexity index is 323. The van der Waals surface area contributed by atoms with E-state index in [9.17, 15) is 4.79 Å². The molecule has 0 bridgehead atoms. The highest BCUT2D eigenvalue weighted by Gasteiger charge is 2.13. The molecule has 3 N–H and O–H groups in total. The fourth-order valence-electron chi connectivity index (χ4n) is 0.708. The molecule has 1 aromatic heterocycles. The van der Waals surface area contributed by atoms with E-state index in [1.807, 2.05) is 0 Å². The molecule has 1 heterocycles. The first-order valence-electron chi connectivity index (χ1n) is 3.29. The number of anilines is 1. The van der Waals surface area contributed by atoms with E-state index in [1.165, 1.54) is 6.07 Å². The second-order valence-corrected chi connectivity index (χ2v) is 2.67. The Balaban J connectivity index is 3.07. The molecule has 0 unspecified atom stereocenters. The molecule has 0 aliphatic rings. The van der Waals surface area contributed by atoms with Crippen LogP contribution < -0.4 is 10.9 Å². The first kappa shape index (κ1) is 9.69. The van der Waals surface area contributed by atoms with E-state index in [1.54, 1.807) is 6.92 Å². The number of hydrogen-bond donors (Lipinski definition) is 2. The van der Waals surface area contributed by atoms with Crippen LogP contribution in [0.3, 0.4) is 0 Å². The van der Waals surface area contributed by atoms with E-state index in [2.05, 4.69) is 9.97 Å². The second-order valence-electron chi connectivity index (χ2n) is 2.28. The number of amides is 1. The van der Waals surface area contributed by atoms with Gasteiger partial charge in [0.15, 0.2) is 0 Å². The summed E-state index contributed by atoms with van der Waals surface area (Å²) in [5, 5.41) is 9.05. The minimum absolute atomic E-state index is 0.141. The molecule has 1 rings (SSSR count). The molecule has 13 heavy (non-hydrogen) atoms. The Morgan fingerprint density at radius 2 is 2.31 bits per heavy atom. The average molecular weight is 203 g/mol. The summed E-state index contributed by atoms with van der Waals surface area (Å²) in [6, 6.07) is 1.50. The van der Waals surface area contributed by atoms with Gasteiger partial charge in [0.05, 0.1) is 0 Å². The maximum absolute atomic E-state index is 10.4. The van der Waals surface area contributed by atoms with Crippen LogP contribution in [0.1, 0.15) is 5.69 Å². The van der Waals surface area contributed by atoms with Crippen molar-refractivity contribution in [1.82, 2.24) is 9.97 Å². The minimum Gasteiger partial charge on any atom is -0.464 e. The van der Waals surface area contributed by atoms with Crippen molar-refractivity contribution < 1.29 is 9.90 Å². The van der Waals surface area contributed by atoms with Gasteiger partial charge in [-0.3, -0.25) is 0 Å². The standard InChI is InChI=1S/C6H7ClN4O2/c1-3-2-4(7)10-5(9-3)11(8)6(12)13/h2H,8H2,1H3,(H,12,13). The van der Waals surface area contributed by atoms with Gasteiger partial charge < -0.3 is 5.11 Å². The largest absolute Gasteiger partial charge is 0.464 e. The van der Waals surface area contributed by atoms with Gasteiger partial charge in [0, 0.05) is 5.69 Å². The number of carboxylic acid groups (broad SMARTS) is 1. The molecule has 0 fully saturated rings. The molecule has 0 aromatic carbocycles. The van der Waals surface area contributed by atoms with E-state index >= 15 is 0 Å². The highest BCUT2D eigenvalue weighted by Crippen LogP contribution is 2.11. The third-order valence-electron chi connectivity index (χ3n) is 1.23. The van der Waals surface area contributed by atoms with Crippen molar-refractivity contribution in [2.24, 2.45) is 5.84 Å². The predicted molar refractivity (Wildman–Crippen MR) is 46.5 cm³/mol. The van der Waals surface area contributed by atoms with Gasteiger partial charge in [-0.25, -0.2) is 15.6 Å². The normalized spacial score (nSPS) is 9.77. The van der Waals surface area contributed by atoms with Gasteiger partial charge in [-0.1, -0.05) is 11.6 Å². The van der Waals surface area contributed by atoms with Crippen molar-refractivity contribution in [3.05, 3.63) is 16.9 Å². The van der Waals surface area contributed by atoms with E-state index < -0.39 is 6.09 Å². The van der Waals surface area contributed by atoms with Crippen molar-refractivity contribution in [1.29, 1.82) is 0 Å². The number of rotatable bonds is 1. The third-order valence-corrected chi connectivity index (χ3v) is 1.43. The SMILES string of the molecule is Cc1cc(Cl)nc(N(N)C(=O)O)n1. The van der Waals surface area contributed by atoms with Crippen LogP contribution in [-0.4, -0.2) is 21.2 Å². The quantitative estimate of drug-likeness (QED) is 0.304. The van der Waals surface area contributed by atoms with E-state index in [-0.39, 0.29) is 11.1 Å². The van der Waals surface area contributed by atoms with Crippen LogP contribution >= 0.6 is 11.6 Å². The van der Waals surface area contributed by atoms with Crippen LogP contribution in [0.5, 0.6) is 0 Å². The Kier molecular flexibility index (Phi) is 2.64. The molecule has 1 aromatic rings. The van der Waals surface area contributed by atoms with Crippen molar-refractivity contribution in [3.63, 3.8) is 0 Å². The van der Waals surface area contributed by atoms with Gasteiger partial charge in [0.1, 0.15) is 5.15 Å². The molecule has 0 saturated carbocycles. The van der Waals surface area contributed by atoms with Gasteiger partial charge >= 0.3 is 6.09 Å². The van der Waals surface area contributed by atoms with Crippen LogP contribution in [0.15, 0.2) is 6.07 Å². The molecule has 0 radical (unpaired) electrons. The fraction of sp³-hybridized carbons (Fsp3) is 0.167. The molecular formula is C6H7ClN4O2. The van der Waals surface area contributed by atoms with Gasteiger partial charge in [0.25, 0.3) is 5.95 Å². The zero-order chi connectivity index (χ0) is 10.0. The van der Waals surface area contributed by atoms with Crippen LogP contribution in [0.25, 0.3) is 0 Å². The van der Waals surface area contributed by atoms with Crippen molar-refractivity contribution in [2.75, 3.05) is 5.01 Å². The highest BCUT2D eigenvalue weighted by atomic mass is 35.5. The topological polar surface area (TPSA) is 92.3 Å². The lowest BCUT2D eigenvalue weighted by molar-refractivity contribution is 0.201. The molecule has 6 nitrogen and oxygen atoms in total. The number of carbonyl (C=O) groups is 1. The Morgan fingerprint density at radius 3 is 2.77 bits per heavy atom. The molecule has 0 spiro atoms. The lowest BCUT2D eigenvalue weighted by Crippen LogP contribution is -2.37. The zero-order valence-electron chi connectivity index (χ0n) is 6.73. The number of hydrogen-bond acceptors (Lipinski definition) is 4. The summed E-state index contributed by atoms with van der Waals surface area (Å²) in [4.78, 5) is 17.8. The minimum atomic E-state index is -1.35. The Labute approximate surface area is 78.9 Å². The van der Waals surface area contributed by atoms with E-state index in [0.717, 1.165) is 0 Å². The zero-order valence-corrected chi connectivity index (χ0v) is 7.49. The van der Waals surface area contributed by atoms with Gasteiger partial charge in [-0.2, -0.15) is 9.99 Å². The number of aromatic nitrogens is 2. The number of nitrogens with zero attached hydrogens (tertiary/aromatic N) is 3. The Morgan fingerprint density at radius 1 is 1.69 bits per heavy atom. The molecule has 70 valence electrons. The van der Waals surface area contributed by atoms with Crippen LogP contribution in [-0.2, 0) is 0 Å².